The Morgan fingerprint density at radius 3 is 2.50 bits per heavy atom. The summed E-state index contributed by atoms with van der Waals surface area (Å²) in [6, 6.07) is 0. The molecule has 0 saturated carbocycles. The molecule has 0 aromatic heterocycles. The smallest absolute Gasteiger partial charge is 0.294 e. The van der Waals surface area contributed by atoms with Crippen molar-refractivity contribution in [3.63, 3.8) is 0 Å². The lowest BCUT2D eigenvalue weighted by Gasteiger charge is -2.23. The van der Waals surface area contributed by atoms with Crippen molar-refractivity contribution in [3.8, 4) is 0 Å². The number of carbonyl (C=O) groups excluding carboxylic acids is 1. The van der Waals surface area contributed by atoms with Crippen molar-refractivity contribution in [1.29, 1.82) is 0 Å². The van der Waals surface area contributed by atoms with Crippen LogP contribution in [0, 0.1) is 0 Å². The van der Waals surface area contributed by atoms with Crippen molar-refractivity contribution < 1.29 is 17.8 Å². The zero-order valence-electron chi connectivity index (χ0n) is 7.60. The maximum atomic E-state index is 11.1. The van der Waals surface area contributed by atoms with Gasteiger partial charge in [-0.3, -0.25) is 9.35 Å². The fourth-order valence-corrected chi connectivity index (χ4v) is 1.62. The first-order valence-corrected chi connectivity index (χ1v) is 5.36. The van der Waals surface area contributed by atoms with Crippen LogP contribution in [-0.4, -0.2) is 24.3 Å². The summed E-state index contributed by atoms with van der Waals surface area (Å²) in [5.74, 6) is -0.251. The average Bonchev–Trinajstić information content (AvgIpc) is 2.03. The molecule has 1 rings (SSSR count). The van der Waals surface area contributed by atoms with Gasteiger partial charge in [0.2, 0.25) is 0 Å². The Bertz CT molecular complexity index is 421. The standard InChI is InChI=1S/C8H11NO4S/c1-6(10)8(9)4-2-7(3-5-8)14(11,12)13/h2-4H,5,9H2,1H3,(H,11,12,13). The van der Waals surface area contributed by atoms with Gasteiger partial charge in [0.05, 0.1) is 10.4 Å². The molecule has 1 unspecified atom stereocenters. The van der Waals surface area contributed by atoms with E-state index in [4.69, 9.17) is 10.3 Å². The van der Waals surface area contributed by atoms with Crippen LogP contribution >= 0.6 is 0 Å². The molecule has 14 heavy (non-hydrogen) atoms. The first kappa shape index (κ1) is 11.1. The third-order valence-electron chi connectivity index (χ3n) is 2.14. The number of ketones is 1. The van der Waals surface area contributed by atoms with Crippen LogP contribution in [0.1, 0.15) is 13.3 Å². The van der Waals surface area contributed by atoms with Crippen molar-refractivity contribution in [2.45, 2.75) is 18.9 Å². The minimum Gasteiger partial charge on any atom is -0.316 e. The molecule has 0 radical (unpaired) electrons. The Kier molecular flexibility index (Phi) is 2.62. The molecule has 3 N–H and O–H groups in total. The number of nitrogens with two attached hydrogens (primary N) is 1. The molecule has 0 aromatic carbocycles. The molecular weight excluding hydrogens is 206 g/mol. The lowest BCUT2D eigenvalue weighted by Crippen LogP contribution is -2.45. The van der Waals surface area contributed by atoms with Gasteiger partial charge in [0.15, 0.2) is 5.78 Å². The van der Waals surface area contributed by atoms with E-state index in [2.05, 4.69) is 0 Å². The van der Waals surface area contributed by atoms with Crippen molar-refractivity contribution in [2.24, 2.45) is 5.73 Å². The van der Waals surface area contributed by atoms with Crippen LogP contribution in [0.15, 0.2) is 23.1 Å². The minimum absolute atomic E-state index is 0.0773. The van der Waals surface area contributed by atoms with E-state index in [1.165, 1.54) is 19.1 Å². The second-order valence-electron chi connectivity index (χ2n) is 3.22. The first-order chi connectivity index (χ1) is 6.26. The summed E-state index contributed by atoms with van der Waals surface area (Å²) in [6.45, 7) is 1.33. The van der Waals surface area contributed by atoms with Crippen molar-refractivity contribution in [3.05, 3.63) is 23.1 Å². The normalized spacial score (nSPS) is 27.2. The average molecular weight is 217 g/mol. The topological polar surface area (TPSA) is 97.5 Å². The second-order valence-corrected chi connectivity index (χ2v) is 4.64. The number of rotatable bonds is 2. The largest absolute Gasteiger partial charge is 0.316 e. The number of carbonyl (C=O) groups is 1. The summed E-state index contributed by atoms with van der Waals surface area (Å²) in [4.78, 5) is 10.8. The van der Waals surface area contributed by atoms with Gasteiger partial charge < -0.3 is 5.73 Å². The zero-order valence-corrected chi connectivity index (χ0v) is 8.41. The Labute approximate surface area is 82.0 Å². The zero-order chi connectivity index (χ0) is 11.0. The Morgan fingerprint density at radius 2 is 2.21 bits per heavy atom. The third kappa shape index (κ3) is 2.09. The van der Waals surface area contributed by atoms with Gasteiger partial charge >= 0.3 is 0 Å². The first-order valence-electron chi connectivity index (χ1n) is 3.92. The monoisotopic (exact) mass is 217 g/mol. The molecule has 6 heteroatoms. The molecule has 5 nitrogen and oxygen atoms in total. The van der Waals surface area contributed by atoms with Crippen LogP contribution in [0.2, 0.25) is 0 Å². The predicted molar refractivity (Wildman–Crippen MR) is 51.0 cm³/mol. The van der Waals surface area contributed by atoms with Gasteiger partial charge in [-0.2, -0.15) is 8.42 Å². The van der Waals surface area contributed by atoms with Gasteiger partial charge in [0, 0.05) is 0 Å². The molecule has 0 saturated heterocycles. The van der Waals surface area contributed by atoms with Gasteiger partial charge in [0.25, 0.3) is 10.1 Å². The third-order valence-corrected chi connectivity index (χ3v) is 3.04. The summed E-state index contributed by atoms with van der Waals surface area (Å²) in [6.07, 6.45) is 3.74. The highest BCUT2D eigenvalue weighted by Crippen LogP contribution is 2.21. The second kappa shape index (κ2) is 3.30. The lowest BCUT2D eigenvalue weighted by atomic mass is 9.89. The molecule has 1 atom stereocenters. The fraction of sp³-hybridized carbons (Fsp3) is 0.375. The van der Waals surface area contributed by atoms with Gasteiger partial charge in [0.1, 0.15) is 0 Å². The van der Waals surface area contributed by atoms with Crippen LogP contribution in [0.4, 0.5) is 0 Å². The minimum atomic E-state index is -4.19. The molecule has 0 aliphatic heterocycles. The van der Waals surface area contributed by atoms with Gasteiger partial charge in [-0.25, -0.2) is 0 Å². The highest BCUT2D eigenvalue weighted by Gasteiger charge is 2.30. The van der Waals surface area contributed by atoms with Crippen LogP contribution in [0.5, 0.6) is 0 Å². The van der Waals surface area contributed by atoms with Gasteiger partial charge in [-0.15, -0.1) is 0 Å². The highest BCUT2D eigenvalue weighted by molar-refractivity contribution is 7.90. The molecule has 1 aliphatic rings. The van der Waals surface area contributed by atoms with E-state index in [0.717, 1.165) is 6.08 Å². The summed E-state index contributed by atoms with van der Waals surface area (Å²) in [5, 5.41) is 0. The Morgan fingerprint density at radius 1 is 1.64 bits per heavy atom. The van der Waals surface area contributed by atoms with E-state index < -0.39 is 15.7 Å². The number of allylic oxidation sites excluding steroid dienone is 1. The summed E-state index contributed by atoms with van der Waals surface area (Å²) < 4.78 is 30.0. The molecule has 0 spiro atoms. The predicted octanol–water partition coefficient (Wildman–Crippen LogP) is 0.00450. The van der Waals surface area contributed by atoms with Gasteiger partial charge in [-0.1, -0.05) is 12.2 Å². The van der Waals surface area contributed by atoms with E-state index in [9.17, 15) is 13.2 Å². The van der Waals surface area contributed by atoms with E-state index in [-0.39, 0.29) is 17.1 Å². The molecular formula is C8H11NO4S. The molecule has 78 valence electrons. The van der Waals surface area contributed by atoms with E-state index in [1.54, 1.807) is 0 Å². The van der Waals surface area contributed by atoms with Crippen molar-refractivity contribution in [1.82, 2.24) is 0 Å². The lowest BCUT2D eigenvalue weighted by molar-refractivity contribution is -0.120. The van der Waals surface area contributed by atoms with Crippen LogP contribution in [-0.2, 0) is 14.9 Å². The van der Waals surface area contributed by atoms with Crippen LogP contribution < -0.4 is 5.73 Å². The fourth-order valence-electron chi connectivity index (χ4n) is 1.09. The quantitative estimate of drug-likeness (QED) is 0.635. The van der Waals surface area contributed by atoms with E-state index in [0.29, 0.717) is 0 Å². The molecule has 0 heterocycles. The highest BCUT2D eigenvalue weighted by atomic mass is 32.2. The van der Waals surface area contributed by atoms with Crippen molar-refractivity contribution in [2.75, 3.05) is 0 Å². The van der Waals surface area contributed by atoms with Crippen LogP contribution in [0.3, 0.4) is 0 Å². The molecule has 0 fully saturated rings. The molecule has 0 aromatic rings. The Hall–Kier alpha value is -0.980. The molecule has 1 aliphatic carbocycles. The summed E-state index contributed by atoms with van der Waals surface area (Å²) >= 11 is 0. The maximum absolute atomic E-state index is 11.1. The van der Waals surface area contributed by atoms with E-state index >= 15 is 0 Å². The molecule has 0 amide bonds. The molecule has 0 bridgehead atoms. The SMILES string of the molecule is CC(=O)C1(N)C=CC(S(=O)(=O)O)=CC1. The van der Waals surface area contributed by atoms with Crippen LogP contribution in [0.25, 0.3) is 0 Å². The summed E-state index contributed by atoms with van der Waals surface area (Å²) in [5.41, 5.74) is 4.51. The summed E-state index contributed by atoms with van der Waals surface area (Å²) in [7, 11) is -4.19. The number of hydrogen-bond acceptors (Lipinski definition) is 4. The van der Waals surface area contributed by atoms with Gasteiger partial charge in [-0.05, 0) is 19.4 Å². The Balaban J connectivity index is 2.98. The van der Waals surface area contributed by atoms with E-state index in [1.807, 2.05) is 0 Å². The maximum Gasteiger partial charge on any atom is 0.294 e. The number of hydrogen-bond donors (Lipinski definition) is 2. The van der Waals surface area contributed by atoms with Crippen molar-refractivity contribution >= 4 is 15.9 Å². The number of Topliss-reactive ketones (excluding diaryl/α,β-unsaturated/α-hetero) is 1.